The first-order chi connectivity index (χ1) is 11.9. The van der Waals surface area contributed by atoms with Gasteiger partial charge in [0, 0.05) is 43.7 Å². The lowest BCUT2D eigenvalue weighted by atomic mass is 10.1. The van der Waals surface area contributed by atoms with E-state index >= 15 is 0 Å². The van der Waals surface area contributed by atoms with Crippen LogP contribution in [0.5, 0.6) is 5.75 Å². The maximum Gasteiger partial charge on any atom is 0.573 e. The van der Waals surface area contributed by atoms with Crippen molar-refractivity contribution in [1.29, 1.82) is 0 Å². The molecule has 0 radical (unpaired) electrons. The van der Waals surface area contributed by atoms with Crippen LogP contribution in [-0.2, 0) is 0 Å². The second-order valence-electron chi connectivity index (χ2n) is 6.37. The number of nitrogens with zero attached hydrogens (tertiary/aromatic N) is 4. The summed E-state index contributed by atoms with van der Waals surface area (Å²) in [6.45, 7) is 3.35. The van der Waals surface area contributed by atoms with Gasteiger partial charge < -0.3 is 14.5 Å². The van der Waals surface area contributed by atoms with Crippen molar-refractivity contribution < 1.29 is 22.7 Å². The van der Waals surface area contributed by atoms with Crippen molar-refractivity contribution in [2.24, 2.45) is 0 Å². The Morgan fingerprint density at radius 2 is 1.92 bits per heavy atom. The van der Waals surface area contributed by atoms with E-state index in [-0.39, 0.29) is 17.8 Å². The van der Waals surface area contributed by atoms with Crippen LogP contribution in [0.4, 0.5) is 18.0 Å². The summed E-state index contributed by atoms with van der Waals surface area (Å²) in [5, 5.41) is 4.68. The molecular formula is C16H17F3N4O2. The lowest BCUT2D eigenvalue weighted by molar-refractivity contribution is -0.274. The van der Waals surface area contributed by atoms with Gasteiger partial charge in [-0.25, -0.2) is 4.79 Å². The van der Waals surface area contributed by atoms with Crippen molar-refractivity contribution >= 4 is 16.9 Å². The molecule has 25 heavy (non-hydrogen) atoms. The number of ether oxygens (including phenoxy) is 1. The summed E-state index contributed by atoms with van der Waals surface area (Å²) < 4.78 is 42.4. The maximum atomic E-state index is 13.0. The van der Waals surface area contributed by atoms with Crippen molar-refractivity contribution in [1.82, 2.24) is 19.6 Å². The quantitative estimate of drug-likeness (QED) is 0.790. The first-order valence-corrected chi connectivity index (χ1v) is 8.17. The molecule has 0 saturated carbocycles. The number of piperidine rings is 1. The molecule has 0 spiro atoms. The number of hydrogen-bond donors (Lipinski definition) is 0. The Morgan fingerprint density at radius 3 is 2.64 bits per heavy atom. The number of rotatable bonds is 1. The van der Waals surface area contributed by atoms with Gasteiger partial charge in [0.2, 0.25) is 0 Å². The molecule has 0 unspecified atom stereocenters. The van der Waals surface area contributed by atoms with Gasteiger partial charge in [-0.2, -0.15) is 9.78 Å². The molecule has 0 aliphatic carbocycles. The Morgan fingerprint density at radius 1 is 1.16 bits per heavy atom. The molecule has 3 saturated heterocycles. The number of amides is 1. The van der Waals surface area contributed by atoms with Crippen LogP contribution in [0.25, 0.3) is 10.9 Å². The molecule has 1 amide bonds. The molecule has 134 valence electrons. The highest BCUT2D eigenvalue weighted by Gasteiger charge is 2.34. The van der Waals surface area contributed by atoms with Crippen LogP contribution in [0.15, 0.2) is 24.4 Å². The summed E-state index contributed by atoms with van der Waals surface area (Å²) in [5.41, 5.74) is 0.311. The topological polar surface area (TPSA) is 50.6 Å². The number of aromatic nitrogens is 2. The van der Waals surface area contributed by atoms with Gasteiger partial charge in [-0.1, -0.05) is 0 Å². The van der Waals surface area contributed by atoms with E-state index in [4.69, 9.17) is 0 Å². The standard InChI is InChI=1S/C16H17F3N4O2/c17-16(18,19)25-13-2-1-11-10-20-23(14(11)9-13)15(24)22-8-7-21-5-3-12(22)4-6-21/h1-2,9-10,12H,3-8H2. The third-order valence-corrected chi connectivity index (χ3v) is 4.86. The predicted octanol–water partition coefficient (Wildman–Crippen LogP) is 2.68. The van der Waals surface area contributed by atoms with Gasteiger partial charge in [0.05, 0.1) is 11.7 Å². The molecule has 5 rings (SSSR count). The lowest BCUT2D eigenvalue weighted by Crippen LogP contribution is -2.43. The average molecular weight is 354 g/mol. The van der Waals surface area contributed by atoms with Crippen LogP contribution in [0, 0.1) is 0 Å². The second kappa shape index (κ2) is 5.91. The Labute approximate surface area is 141 Å². The van der Waals surface area contributed by atoms with E-state index < -0.39 is 6.36 Å². The molecule has 2 aromatic rings. The Bertz CT molecular complexity index is 796. The van der Waals surface area contributed by atoms with E-state index in [1.165, 1.54) is 29.1 Å². The van der Waals surface area contributed by atoms with Gasteiger partial charge >= 0.3 is 12.4 Å². The van der Waals surface area contributed by atoms with Crippen molar-refractivity contribution in [3.05, 3.63) is 24.4 Å². The number of carbonyl (C=O) groups excluding carboxylic acids is 1. The second-order valence-corrected chi connectivity index (χ2v) is 6.37. The highest BCUT2D eigenvalue weighted by atomic mass is 19.4. The SMILES string of the molecule is O=C(N1CCN2CCC1CC2)n1ncc2ccc(OC(F)(F)F)cc21. The number of benzene rings is 1. The van der Waals surface area contributed by atoms with Gasteiger partial charge in [-0.15, -0.1) is 13.2 Å². The van der Waals surface area contributed by atoms with Crippen LogP contribution < -0.4 is 4.74 Å². The number of halogens is 3. The minimum absolute atomic E-state index is 0.153. The summed E-state index contributed by atoms with van der Waals surface area (Å²) in [6, 6.07) is 3.74. The van der Waals surface area contributed by atoms with Crippen LogP contribution in [0.2, 0.25) is 0 Å². The maximum absolute atomic E-state index is 13.0. The smallest absolute Gasteiger partial charge is 0.406 e. The molecule has 2 bridgehead atoms. The van der Waals surface area contributed by atoms with Crippen molar-refractivity contribution in [3.63, 3.8) is 0 Å². The number of hydrogen-bond acceptors (Lipinski definition) is 4. The fourth-order valence-electron chi connectivity index (χ4n) is 3.61. The van der Waals surface area contributed by atoms with E-state index in [1.807, 2.05) is 0 Å². The van der Waals surface area contributed by atoms with Crippen LogP contribution >= 0.6 is 0 Å². The molecule has 3 aliphatic heterocycles. The van der Waals surface area contributed by atoms with E-state index in [2.05, 4.69) is 14.7 Å². The monoisotopic (exact) mass is 354 g/mol. The van der Waals surface area contributed by atoms with E-state index in [0.717, 1.165) is 32.5 Å². The molecule has 3 fully saturated rings. The third kappa shape index (κ3) is 3.15. The summed E-state index contributed by atoms with van der Waals surface area (Å²) in [6.07, 6.45) is -1.48. The van der Waals surface area contributed by atoms with Crippen LogP contribution in [0.1, 0.15) is 12.8 Å². The van der Waals surface area contributed by atoms with Gasteiger partial charge in [0.25, 0.3) is 0 Å². The fourth-order valence-corrected chi connectivity index (χ4v) is 3.61. The Balaban J connectivity index is 1.66. The highest BCUT2D eigenvalue weighted by molar-refractivity contribution is 5.90. The van der Waals surface area contributed by atoms with E-state index in [1.54, 1.807) is 4.90 Å². The zero-order chi connectivity index (χ0) is 17.6. The molecule has 6 nitrogen and oxygen atoms in total. The number of alkyl halides is 3. The Kier molecular flexibility index (Phi) is 3.82. The van der Waals surface area contributed by atoms with Gasteiger partial charge in [0.1, 0.15) is 5.75 Å². The van der Waals surface area contributed by atoms with Gasteiger partial charge in [-0.05, 0) is 25.0 Å². The summed E-state index contributed by atoms with van der Waals surface area (Å²) in [5.74, 6) is -0.363. The molecule has 1 aromatic carbocycles. The van der Waals surface area contributed by atoms with Crippen LogP contribution in [0.3, 0.4) is 0 Å². The van der Waals surface area contributed by atoms with Crippen molar-refractivity contribution in [2.75, 3.05) is 26.2 Å². The minimum Gasteiger partial charge on any atom is -0.406 e. The normalized spacial score (nSPS) is 23.7. The molecule has 1 aromatic heterocycles. The Hall–Kier alpha value is -2.29. The molecule has 0 N–H and O–H groups in total. The largest absolute Gasteiger partial charge is 0.573 e. The minimum atomic E-state index is -4.78. The van der Waals surface area contributed by atoms with Gasteiger partial charge in [-0.3, -0.25) is 0 Å². The van der Waals surface area contributed by atoms with E-state index in [0.29, 0.717) is 17.4 Å². The molecule has 3 aliphatic rings. The van der Waals surface area contributed by atoms with Crippen molar-refractivity contribution in [2.45, 2.75) is 25.2 Å². The summed E-state index contributed by atoms with van der Waals surface area (Å²) in [4.78, 5) is 17.1. The fraction of sp³-hybridized carbons (Fsp3) is 0.500. The molecule has 4 heterocycles. The van der Waals surface area contributed by atoms with Crippen LogP contribution in [-0.4, -0.2) is 64.2 Å². The van der Waals surface area contributed by atoms with Crippen molar-refractivity contribution in [3.8, 4) is 5.75 Å². The third-order valence-electron chi connectivity index (χ3n) is 4.86. The molecule has 0 atom stereocenters. The number of fused-ring (bicyclic) bond motifs is 5. The molecule has 9 heteroatoms. The number of carbonyl (C=O) groups is 1. The lowest BCUT2D eigenvalue weighted by Gasteiger charge is -2.31. The zero-order valence-electron chi connectivity index (χ0n) is 13.4. The molecular weight excluding hydrogens is 337 g/mol. The van der Waals surface area contributed by atoms with E-state index in [9.17, 15) is 18.0 Å². The average Bonchev–Trinajstić information content (AvgIpc) is 2.74. The zero-order valence-corrected chi connectivity index (χ0v) is 13.4. The highest BCUT2D eigenvalue weighted by Crippen LogP contribution is 2.28. The first-order valence-electron chi connectivity index (χ1n) is 8.17. The summed E-state index contributed by atoms with van der Waals surface area (Å²) >= 11 is 0. The van der Waals surface area contributed by atoms with Gasteiger partial charge in [0.15, 0.2) is 0 Å². The first kappa shape index (κ1) is 16.2. The summed E-state index contributed by atoms with van der Waals surface area (Å²) in [7, 11) is 0. The predicted molar refractivity (Wildman–Crippen MR) is 83.4 cm³/mol.